The quantitative estimate of drug-likeness (QED) is 0.728. The van der Waals surface area contributed by atoms with Gasteiger partial charge in [-0.1, -0.05) is 6.92 Å². The van der Waals surface area contributed by atoms with Crippen LogP contribution >= 0.6 is 24.0 Å². The molecule has 70 valence electrons. The average Bonchev–Trinajstić information content (AvgIpc) is 2.58. The highest BCUT2D eigenvalue weighted by Crippen LogP contribution is 2.29. The van der Waals surface area contributed by atoms with E-state index in [1.807, 2.05) is 12.1 Å². The van der Waals surface area contributed by atoms with E-state index >= 15 is 0 Å². The van der Waals surface area contributed by atoms with E-state index in [0.29, 0.717) is 5.56 Å². The molecule has 0 spiro atoms. The highest BCUT2D eigenvalue weighted by atomic mass is 32.1. The molecule has 2 aromatic rings. The van der Waals surface area contributed by atoms with Crippen molar-refractivity contribution in [2.75, 3.05) is 0 Å². The molecule has 0 amide bonds. The SMILES string of the molecule is CCc1cc2cc(C#N)c(S)cc2s1. The number of fused-ring (bicyclic) bond motifs is 1. The van der Waals surface area contributed by atoms with Crippen molar-refractivity contribution in [3.8, 4) is 6.07 Å². The Morgan fingerprint density at radius 2 is 2.21 bits per heavy atom. The smallest absolute Gasteiger partial charge is 0.100 e. The predicted octanol–water partition coefficient (Wildman–Crippen LogP) is 3.62. The van der Waals surface area contributed by atoms with E-state index in [0.717, 1.165) is 16.7 Å². The lowest BCUT2D eigenvalue weighted by Crippen LogP contribution is -1.75. The van der Waals surface area contributed by atoms with Crippen molar-refractivity contribution in [1.82, 2.24) is 0 Å². The summed E-state index contributed by atoms with van der Waals surface area (Å²) in [4.78, 5) is 2.12. The summed E-state index contributed by atoms with van der Waals surface area (Å²) in [5.41, 5.74) is 0.654. The molecule has 0 saturated carbocycles. The van der Waals surface area contributed by atoms with Crippen LogP contribution in [0.3, 0.4) is 0 Å². The third-order valence-corrected chi connectivity index (χ3v) is 3.77. The van der Waals surface area contributed by atoms with Crippen LogP contribution < -0.4 is 0 Å². The lowest BCUT2D eigenvalue weighted by molar-refractivity contribution is 1.19. The summed E-state index contributed by atoms with van der Waals surface area (Å²) in [6.07, 6.45) is 1.04. The van der Waals surface area contributed by atoms with Crippen molar-refractivity contribution in [3.05, 3.63) is 28.6 Å². The number of benzene rings is 1. The number of thiophene rings is 1. The first kappa shape index (κ1) is 9.57. The first-order chi connectivity index (χ1) is 6.74. The maximum atomic E-state index is 8.85. The molecular formula is C11H9NS2. The van der Waals surface area contributed by atoms with Gasteiger partial charge in [-0.25, -0.2) is 0 Å². The van der Waals surface area contributed by atoms with E-state index in [1.54, 1.807) is 11.3 Å². The van der Waals surface area contributed by atoms with Crippen LogP contribution in [0.4, 0.5) is 0 Å². The Balaban J connectivity index is 2.71. The molecule has 1 nitrogen and oxygen atoms in total. The Kier molecular flexibility index (Phi) is 2.49. The second-order valence-electron chi connectivity index (χ2n) is 3.09. The van der Waals surface area contributed by atoms with Gasteiger partial charge in [0.15, 0.2) is 0 Å². The van der Waals surface area contributed by atoms with Crippen molar-refractivity contribution >= 4 is 34.1 Å². The summed E-state index contributed by atoms with van der Waals surface area (Å²) < 4.78 is 1.21. The van der Waals surface area contributed by atoms with Crippen LogP contribution in [-0.2, 0) is 6.42 Å². The van der Waals surface area contributed by atoms with Crippen molar-refractivity contribution in [2.24, 2.45) is 0 Å². The number of hydrogen-bond donors (Lipinski definition) is 1. The summed E-state index contributed by atoms with van der Waals surface area (Å²) in [5, 5.41) is 10.0. The van der Waals surface area contributed by atoms with Gasteiger partial charge >= 0.3 is 0 Å². The van der Waals surface area contributed by atoms with E-state index in [-0.39, 0.29) is 0 Å². The van der Waals surface area contributed by atoms with E-state index in [1.165, 1.54) is 9.58 Å². The molecule has 0 aliphatic carbocycles. The Morgan fingerprint density at radius 3 is 2.86 bits per heavy atom. The van der Waals surface area contributed by atoms with Gasteiger partial charge in [-0.2, -0.15) is 5.26 Å². The van der Waals surface area contributed by atoms with Gasteiger partial charge in [0.2, 0.25) is 0 Å². The standard InChI is InChI=1S/C11H9NS2/c1-2-9-4-7-3-8(6-12)10(13)5-11(7)14-9/h3-5,13H,2H2,1H3. The molecule has 0 unspecified atom stereocenters. The van der Waals surface area contributed by atoms with Crippen LogP contribution in [0.25, 0.3) is 10.1 Å². The van der Waals surface area contributed by atoms with E-state index < -0.39 is 0 Å². The fraction of sp³-hybridized carbons (Fsp3) is 0.182. The number of rotatable bonds is 1. The Labute approximate surface area is 92.4 Å². The van der Waals surface area contributed by atoms with Crippen molar-refractivity contribution in [3.63, 3.8) is 0 Å². The number of nitrogens with zero attached hydrogens (tertiary/aromatic N) is 1. The predicted molar refractivity (Wildman–Crippen MR) is 63.2 cm³/mol. The molecule has 1 aromatic carbocycles. The molecule has 0 bridgehead atoms. The fourth-order valence-corrected chi connectivity index (χ4v) is 2.75. The van der Waals surface area contributed by atoms with E-state index in [9.17, 15) is 0 Å². The number of hydrogen-bond acceptors (Lipinski definition) is 3. The van der Waals surface area contributed by atoms with Crippen molar-refractivity contribution in [1.29, 1.82) is 5.26 Å². The van der Waals surface area contributed by atoms with Gasteiger partial charge in [0.1, 0.15) is 6.07 Å². The van der Waals surface area contributed by atoms with Crippen LogP contribution in [0.2, 0.25) is 0 Å². The van der Waals surface area contributed by atoms with Gasteiger partial charge in [-0.05, 0) is 30.0 Å². The number of aryl methyl sites for hydroxylation is 1. The minimum absolute atomic E-state index is 0.654. The molecule has 1 heterocycles. The zero-order valence-corrected chi connectivity index (χ0v) is 9.45. The maximum absolute atomic E-state index is 8.85. The zero-order chi connectivity index (χ0) is 10.1. The largest absolute Gasteiger partial charge is 0.192 e. The Bertz CT molecular complexity index is 520. The second kappa shape index (κ2) is 3.64. The highest BCUT2D eigenvalue weighted by molar-refractivity contribution is 7.80. The van der Waals surface area contributed by atoms with Gasteiger partial charge in [-0.15, -0.1) is 24.0 Å². The molecule has 0 atom stereocenters. The minimum Gasteiger partial charge on any atom is -0.192 e. The second-order valence-corrected chi connectivity index (χ2v) is 4.74. The third kappa shape index (κ3) is 1.52. The van der Waals surface area contributed by atoms with Gasteiger partial charge in [-0.3, -0.25) is 0 Å². The first-order valence-corrected chi connectivity index (χ1v) is 5.66. The van der Waals surface area contributed by atoms with E-state index in [2.05, 4.69) is 31.7 Å². The molecular weight excluding hydrogens is 210 g/mol. The van der Waals surface area contributed by atoms with Gasteiger partial charge in [0.05, 0.1) is 5.56 Å². The van der Waals surface area contributed by atoms with Crippen molar-refractivity contribution < 1.29 is 0 Å². The molecule has 0 radical (unpaired) electrons. The molecule has 0 N–H and O–H groups in total. The van der Waals surface area contributed by atoms with Crippen LogP contribution in [0.5, 0.6) is 0 Å². The Hall–Kier alpha value is -0.980. The molecule has 0 fully saturated rings. The fourth-order valence-electron chi connectivity index (χ4n) is 1.39. The normalized spacial score (nSPS) is 10.4. The number of nitriles is 1. The maximum Gasteiger partial charge on any atom is 0.100 e. The Morgan fingerprint density at radius 1 is 1.43 bits per heavy atom. The third-order valence-electron chi connectivity index (χ3n) is 2.15. The molecule has 0 saturated heterocycles. The molecule has 3 heteroatoms. The summed E-state index contributed by atoms with van der Waals surface area (Å²) in [6, 6.07) is 8.17. The molecule has 2 rings (SSSR count). The molecule has 0 aliphatic heterocycles. The minimum atomic E-state index is 0.654. The van der Waals surface area contributed by atoms with Crippen LogP contribution in [0.1, 0.15) is 17.4 Å². The first-order valence-electron chi connectivity index (χ1n) is 4.40. The van der Waals surface area contributed by atoms with E-state index in [4.69, 9.17) is 5.26 Å². The number of thiol groups is 1. The van der Waals surface area contributed by atoms with Crippen LogP contribution in [0, 0.1) is 11.3 Å². The van der Waals surface area contributed by atoms with Gasteiger partial charge in [0, 0.05) is 14.5 Å². The molecule has 0 aliphatic rings. The summed E-state index contributed by atoms with van der Waals surface area (Å²) in [6.45, 7) is 2.14. The van der Waals surface area contributed by atoms with Gasteiger partial charge < -0.3 is 0 Å². The summed E-state index contributed by atoms with van der Waals surface area (Å²) in [7, 11) is 0. The summed E-state index contributed by atoms with van der Waals surface area (Å²) in [5.74, 6) is 0. The monoisotopic (exact) mass is 219 g/mol. The molecule has 1 aromatic heterocycles. The van der Waals surface area contributed by atoms with Crippen LogP contribution in [0.15, 0.2) is 23.1 Å². The van der Waals surface area contributed by atoms with Gasteiger partial charge in [0.25, 0.3) is 0 Å². The lowest BCUT2D eigenvalue weighted by atomic mass is 10.2. The van der Waals surface area contributed by atoms with Crippen molar-refractivity contribution in [2.45, 2.75) is 18.2 Å². The zero-order valence-electron chi connectivity index (χ0n) is 7.74. The average molecular weight is 219 g/mol. The highest BCUT2D eigenvalue weighted by Gasteiger charge is 2.04. The lowest BCUT2D eigenvalue weighted by Gasteiger charge is -1.94. The topological polar surface area (TPSA) is 23.8 Å². The van der Waals surface area contributed by atoms with Crippen LogP contribution in [-0.4, -0.2) is 0 Å². The molecule has 14 heavy (non-hydrogen) atoms. The summed E-state index contributed by atoms with van der Waals surface area (Å²) >= 11 is 6.05.